The lowest BCUT2D eigenvalue weighted by molar-refractivity contribution is -0.152. The van der Waals surface area contributed by atoms with Gasteiger partial charge in [0.25, 0.3) is 0 Å². The number of hydrogen-bond acceptors (Lipinski definition) is 4. The van der Waals surface area contributed by atoms with E-state index in [9.17, 15) is 23.1 Å². The van der Waals surface area contributed by atoms with Crippen LogP contribution in [0, 0.1) is 5.92 Å². The van der Waals surface area contributed by atoms with E-state index in [0.29, 0.717) is 22.6 Å². The zero-order valence-corrected chi connectivity index (χ0v) is 17.4. The predicted octanol–water partition coefficient (Wildman–Crippen LogP) is 5.95. The van der Waals surface area contributed by atoms with Crippen molar-refractivity contribution in [1.82, 2.24) is 0 Å². The molecule has 4 nitrogen and oxygen atoms in total. The molecule has 32 heavy (non-hydrogen) atoms. The van der Waals surface area contributed by atoms with E-state index in [-0.39, 0.29) is 13.0 Å². The van der Waals surface area contributed by atoms with Gasteiger partial charge in [0.1, 0.15) is 11.5 Å². The largest absolute Gasteiger partial charge is 0.466 e. The first-order valence-corrected chi connectivity index (χ1v) is 10.1. The van der Waals surface area contributed by atoms with Crippen molar-refractivity contribution in [2.45, 2.75) is 25.6 Å². The highest BCUT2D eigenvalue weighted by atomic mass is 19.4. The Kier molecular flexibility index (Phi) is 7.53. The minimum Gasteiger partial charge on any atom is -0.466 e. The lowest BCUT2D eigenvalue weighted by Crippen LogP contribution is -2.26. The van der Waals surface area contributed by atoms with Gasteiger partial charge in [-0.05, 0) is 60.9 Å². The third kappa shape index (κ3) is 6.11. The van der Waals surface area contributed by atoms with Gasteiger partial charge in [0.2, 0.25) is 0 Å². The Morgan fingerprint density at radius 2 is 1.50 bits per heavy atom. The molecule has 3 rings (SSSR count). The summed E-state index contributed by atoms with van der Waals surface area (Å²) < 4.78 is 49.2. The van der Waals surface area contributed by atoms with Crippen LogP contribution in [0.4, 0.5) is 13.2 Å². The summed E-state index contributed by atoms with van der Waals surface area (Å²) in [6.07, 6.45) is -5.62. The summed E-state index contributed by atoms with van der Waals surface area (Å²) >= 11 is 0. The summed E-state index contributed by atoms with van der Waals surface area (Å²) in [5.74, 6) is -0.382. The second-order valence-corrected chi connectivity index (χ2v) is 7.19. The molecule has 0 saturated carbocycles. The number of halogens is 3. The lowest BCUT2D eigenvalue weighted by atomic mass is 9.89. The van der Waals surface area contributed by atoms with Gasteiger partial charge in [-0.3, -0.25) is 4.79 Å². The van der Waals surface area contributed by atoms with Gasteiger partial charge >= 0.3 is 12.1 Å². The molecule has 168 valence electrons. The summed E-state index contributed by atoms with van der Waals surface area (Å²) in [5, 5.41) is 10.9. The van der Waals surface area contributed by atoms with Crippen molar-refractivity contribution in [3.63, 3.8) is 0 Å². The molecule has 0 spiro atoms. The van der Waals surface area contributed by atoms with Crippen molar-refractivity contribution >= 4 is 5.97 Å². The van der Waals surface area contributed by atoms with E-state index in [4.69, 9.17) is 9.47 Å². The maximum Gasteiger partial charge on any atom is 0.416 e. The van der Waals surface area contributed by atoms with Crippen molar-refractivity contribution in [3.8, 4) is 11.5 Å². The Hall–Kier alpha value is -3.32. The first-order valence-electron chi connectivity index (χ1n) is 10.1. The fourth-order valence-corrected chi connectivity index (χ4v) is 3.25. The molecule has 0 bridgehead atoms. The second kappa shape index (κ2) is 10.3. The van der Waals surface area contributed by atoms with E-state index < -0.39 is 29.7 Å². The number of esters is 1. The highest BCUT2D eigenvalue weighted by Crippen LogP contribution is 2.32. The summed E-state index contributed by atoms with van der Waals surface area (Å²) in [4.78, 5) is 12.5. The average molecular weight is 444 g/mol. The molecule has 3 aromatic carbocycles. The number of aliphatic hydroxyl groups excluding tert-OH is 1. The molecule has 0 aliphatic carbocycles. The fraction of sp³-hybridized carbons (Fsp3) is 0.240. The van der Waals surface area contributed by atoms with Gasteiger partial charge in [-0.15, -0.1) is 0 Å². The fourth-order valence-electron chi connectivity index (χ4n) is 3.25. The smallest absolute Gasteiger partial charge is 0.416 e. The molecule has 3 aromatic rings. The van der Waals surface area contributed by atoms with Crippen LogP contribution < -0.4 is 4.74 Å². The van der Waals surface area contributed by atoms with Crippen LogP contribution >= 0.6 is 0 Å². The Morgan fingerprint density at radius 1 is 0.906 bits per heavy atom. The van der Waals surface area contributed by atoms with Crippen molar-refractivity contribution in [2.24, 2.45) is 5.92 Å². The third-order valence-corrected chi connectivity index (χ3v) is 4.91. The third-order valence-electron chi connectivity index (χ3n) is 4.91. The molecule has 1 N–H and O–H groups in total. The molecular formula is C25H23F3O4. The second-order valence-electron chi connectivity index (χ2n) is 7.19. The van der Waals surface area contributed by atoms with E-state index in [1.54, 1.807) is 31.2 Å². The summed E-state index contributed by atoms with van der Waals surface area (Å²) in [6.45, 7) is 1.77. The highest BCUT2D eigenvalue weighted by molar-refractivity contribution is 5.74. The molecule has 0 aliphatic rings. The Balaban J connectivity index is 1.76. The summed E-state index contributed by atoms with van der Waals surface area (Å²) in [7, 11) is 0. The Morgan fingerprint density at radius 3 is 2.06 bits per heavy atom. The van der Waals surface area contributed by atoms with E-state index in [0.717, 1.165) is 12.1 Å². The monoisotopic (exact) mass is 444 g/mol. The predicted molar refractivity (Wildman–Crippen MR) is 113 cm³/mol. The van der Waals surface area contributed by atoms with Gasteiger partial charge in [-0.2, -0.15) is 13.2 Å². The van der Waals surface area contributed by atoms with E-state index >= 15 is 0 Å². The normalized spacial score (nSPS) is 13.3. The number of carbonyl (C=O) groups is 1. The highest BCUT2D eigenvalue weighted by Gasteiger charge is 2.32. The number of hydrogen-bond donors (Lipinski definition) is 1. The number of ether oxygens (including phenoxy) is 2. The molecular weight excluding hydrogens is 421 g/mol. The zero-order valence-electron chi connectivity index (χ0n) is 17.4. The Labute approximate surface area is 184 Å². The van der Waals surface area contributed by atoms with Gasteiger partial charge in [0.05, 0.1) is 24.2 Å². The lowest BCUT2D eigenvalue weighted by Gasteiger charge is -2.22. The van der Waals surface area contributed by atoms with Crippen LogP contribution in [0.3, 0.4) is 0 Å². The molecule has 0 aromatic heterocycles. The van der Waals surface area contributed by atoms with Gasteiger partial charge in [0, 0.05) is 0 Å². The molecule has 0 fully saturated rings. The maximum atomic E-state index is 12.8. The summed E-state index contributed by atoms with van der Waals surface area (Å²) in [6, 6.07) is 20.3. The van der Waals surface area contributed by atoms with Crippen molar-refractivity contribution < 1.29 is 32.5 Å². The number of carbonyl (C=O) groups excluding carboxylic acids is 1. The SMILES string of the molecule is CCOC(=O)C(Cc1ccc(C(F)(F)F)cc1)C(O)c1ccc(Oc2ccccc2)cc1. The number of alkyl halides is 3. The Bertz CT molecular complexity index is 1000. The van der Waals surface area contributed by atoms with Crippen LogP contribution in [0.2, 0.25) is 0 Å². The van der Waals surface area contributed by atoms with Crippen LogP contribution in [-0.2, 0) is 22.1 Å². The minimum atomic E-state index is -4.44. The number of rotatable bonds is 8. The van der Waals surface area contributed by atoms with Crippen molar-refractivity contribution in [2.75, 3.05) is 6.61 Å². The first kappa shape index (κ1) is 23.3. The topological polar surface area (TPSA) is 55.8 Å². The molecule has 2 atom stereocenters. The van der Waals surface area contributed by atoms with Crippen molar-refractivity contribution in [1.29, 1.82) is 0 Å². The van der Waals surface area contributed by atoms with Gasteiger partial charge < -0.3 is 14.6 Å². The number of aliphatic hydroxyl groups is 1. The molecule has 0 radical (unpaired) electrons. The van der Waals surface area contributed by atoms with Crippen molar-refractivity contribution in [3.05, 3.63) is 95.6 Å². The van der Waals surface area contributed by atoms with Crippen LogP contribution in [0.15, 0.2) is 78.9 Å². The molecule has 0 amide bonds. The van der Waals surface area contributed by atoms with Crippen LogP contribution in [0.1, 0.15) is 29.7 Å². The molecule has 7 heteroatoms. The first-order chi connectivity index (χ1) is 15.3. The molecule has 0 heterocycles. The van der Waals surface area contributed by atoms with Gasteiger partial charge in [-0.1, -0.05) is 42.5 Å². The average Bonchev–Trinajstić information content (AvgIpc) is 2.78. The van der Waals surface area contributed by atoms with Crippen LogP contribution in [0.25, 0.3) is 0 Å². The van der Waals surface area contributed by atoms with Crippen LogP contribution in [0.5, 0.6) is 11.5 Å². The number of benzene rings is 3. The number of para-hydroxylation sites is 1. The maximum absolute atomic E-state index is 12.8. The van der Waals surface area contributed by atoms with E-state index in [1.165, 1.54) is 12.1 Å². The van der Waals surface area contributed by atoms with E-state index in [1.807, 2.05) is 30.3 Å². The van der Waals surface area contributed by atoms with Gasteiger partial charge in [-0.25, -0.2) is 0 Å². The molecule has 2 unspecified atom stereocenters. The summed E-state index contributed by atoms with van der Waals surface area (Å²) in [5.41, 5.74) is 0.179. The van der Waals surface area contributed by atoms with E-state index in [2.05, 4.69) is 0 Å². The standard InChI is InChI=1S/C25H23F3O4/c1-2-31-24(30)22(16-17-8-12-19(13-9-17)25(26,27)28)23(29)18-10-14-21(15-11-18)32-20-6-4-3-5-7-20/h3-15,22-23,29H,2,16H2,1H3. The van der Waals surface area contributed by atoms with Gasteiger partial charge in [0.15, 0.2) is 0 Å². The zero-order chi connectivity index (χ0) is 23.1. The molecule has 0 aliphatic heterocycles. The molecule has 0 saturated heterocycles. The minimum absolute atomic E-state index is 0.0282. The quantitative estimate of drug-likeness (QED) is 0.436. The van der Waals surface area contributed by atoms with Crippen LogP contribution in [-0.4, -0.2) is 17.7 Å².